The van der Waals surface area contributed by atoms with Crippen LogP contribution >= 0.6 is 10.7 Å². The zero-order valence-electron chi connectivity index (χ0n) is 7.60. The zero-order valence-corrected chi connectivity index (χ0v) is 9.17. The van der Waals surface area contributed by atoms with Crippen molar-refractivity contribution in [3.63, 3.8) is 0 Å². The van der Waals surface area contributed by atoms with Gasteiger partial charge in [0.05, 0.1) is 6.07 Å². The molecule has 14 heavy (non-hydrogen) atoms. The molecule has 76 valence electrons. The molecule has 5 nitrogen and oxygen atoms in total. The first kappa shape index (κ1) is 11.0. The van der Waals surface area contributed by atoms with Crippen LogP contribution in [0.2, 0.25) is 0 Å². The summed E-state index contributed by atoms with van der Waals surface area (Å²) in [6.07, 6.45) is 1.26. The van der Waals surface area contributed by atoms with Crippen molar-refractivity contribution in [2.45, 2.75) is 24.9 Å². The Bertz CT molecular complexity index is 486. The van der Waals surface area contributed by atoms with E-state index >= 15 is 0 Å². The van der Waals surface area contributed by atoms with Crippen molar-refractivity contribution < 1.29 is 8.42 Å². The monoisotopic (exact) mass is 233 g/mol. The minimum atomic E-state index is -3.82. The third kappa shape index (κ3) is 2.05. The third-order valence-electron chi connectivity index (χ3n) is 1.75. The lowest BCUT2D eigenvalue weighted by atomic mass is 10.4. The molecule has 0 aliphatic rings. The summed E-state index contributed by atoms with van der Waals surface area (Å²) in [5, 5.41) is 8.42. The first-order valence-electron chi connectivity index (χ1n) is 3.76. The fourth-order valence-corrected chi connectivity index (χ4v) is 1.73. The van der Waals surface area contributed by atoms with Crippen LogP contribution in [0.1, 0.15) is 18.8 Å². The van der Waals surface area contributed by atoms with E-state index in [-0.39, 0.29) is 5.03 Å². The highest BCUT2D eigenvalue weighted by molar-refractivity contribution is 8.13. The topological polar surface area (TPSA) is 75.8 Å². The highest BCUT2D eigenvalue weighted by atomic mass is 35.7. The fraction of sp³-hybridized carbons (Fsp3) is 0.429. The minimum absolute atomic E-state index is 0.223. The van der Waals surface area contributed by atoms with E-state index < -0.39 is 15.1 Å². The summed E-state index contributed by atoms with van der Waals surface area (Å²) in [5.74, 6) is 0.443. The van der Waals surface area contributed by atoms with Gasteiger partial charge in [-0.3, -0.25) is 0 Å². The molecule has 7 heteroatoms. The van der Waals surface area contributed by atoms with Crippen molar-refractivity contribution in [1.82, 2.24) is 9.55 Å². The fourth-order valence-electron chi connectivity index (χ4n) is 1.03. The van der Waals surface area contributed by atoms with Crippen molar-refractivity contribution >= 4 is 19.7 Å². The largest absolute Gasteiger partial charge is 0.317 e. The standard InChI is InChI=1S/C7H8ClN3O2S/c1-5(3-9)11-4-7(10-6(11)2)14(8,12)13/h4-5H,1-2H3. The molecule has 1 aromatic rings. The first-order valence-corrected chi connectivity index (χ1v) is 6.07. The summed E-state index contributed by atoms with van der Waals surface area (Å²) in [6, 6.07) is 1.51. The molecule has 0 saturated heterocycles. The average Bonchev–Trinajstić information content (AvgIpc) is 2.45. The predicted octanol–water partition coefficient (Wildman–Crippen LogP) is 1.20. The summed E-state index contributed by atoms with van der Waals surface area (Å²) < 4.78 is 23.3. The van der Waals surface area contributed by atoms with Gasteiger partial charge in [0.25, 0.3) is 9.05 Å². The maximum atomic E-state index is 10.9. The Morgan fingerprint density at radius 1 is 1.71 bits per heavy atom. The van der Waals surface area contributed by atoms with Gasteiger partial charge in [0.2, 0.25) is 0 Å². The lowest BCUT2D eigenvalue weighted by Gasteiger charge is -2.04. The van der Waals surface area contributed by atoms with Crippen molar-refractivity contribution in [1.29, 1.82) is 5.26 Å². The molecule has 0 radical (unpaired) electrons. The third-order valence-corrected chi connectivity index (χ3v) is 2.92. The number of halogens is 1. The van der Waals surface area contributed by atoms with Gasteiger partial charge in [0, 0.05) is 16.9 Å². The Hall–Kier alpha value is -1.06. The van der Waals surface area contributed by atoms with E-state index in [0.29, 0.717) is 5.82 Å². The maximum Gasteiger partial charge on any atom is 0.280 e. The highest BCUT2D eigenvalue weighted by Gasteiger charge is 2.17. The van der Waals surface area contributed by atoms with Crippen LogP contribution in [0, 0.1) is 18.3 Å². The van der Waals surface area contributed by atoms with Crippen LogP contribution in [-0.2, 0) is 9.05 Å². The van der Waals surface area contributed by atoms with Gasteiger partial charge in [-0.2, -0.15) is 5.26 Å². The van der Waals surface area contributed by atoms with Gasteiger partial charge in [-0.25, -0.2) is 13.4 Å². The number of imidazole rings is 1. The summed E-state index contributed by atoms with van der Waals surface area (Å²) >= 11 is 0. The van der Waals surface area contributed by atoms with Gasteiger partial charge in [-0.15, -0.1) is 0 Å². The van der Waals surface area contributed by atoms with Crippen LogP contribution in [0.25, 0.3) is 0 Å². The van der Waals surface area contributed by atoms with Crippen molar-refractivity contribution in [2.24, 2.45) is 0 Å². The van der Waals surface area contributed by atoms with E-state index in [2.05, 4.69) is 4.98 Å². The molecule has 0 bridgehead atoms. The molecule has 0 aromatic carbocycles. The second kappa shape index (κ2) is 3.59. The van der Waals surface area contributed by atoms with Gasteiger partial charge in [0.15, 0.2) is 5.03 Å². The zero-order chi connectivity index (χ0) is 10.9. The summed E-state index contributed by atoms with van der Waals surface area (Å²) in [6.45, 7) is 3.25. The Kier molecular flexibility index (Phi) is 2.83. The van der Waals surface area contributed by atoms with E-state index in [0.717, 1.165) is 0 Å². The van der Waals surface area contributed by atoms with Crippen LogP contribution in [0.3, 0.4) is 0 Å². The van der Waals surface area contributed by atoms with Crippen LogP contribution < -0.4 is 0 Å². The van der Waals surface area contributed by atoms with Crippen molar-refractivity contribution in [2.75, 3.05) is 0 Å². The number of hydrogen-bond donors (Lipinski definition) is 0. The van der Waals surface area contributed by atoms with Gasteiger partial charge in [-0.05, 0) is 13.8 Å². The smallest absolute Gasteiger partial charge is 0.280 e. The average molecular weight is 234 g/mol. The van der Waals surface area contributed by atoms with Crippen molar-refractivity contribution in [3.05, 3.63) is 12.0 Å². The summed E-state index contributed by atoms with van der Waals surface area (Å²) in [5.41, 5.74) is 0. The Morgan fingerprint density at radius 3 is 2.64 bits per heavy atom. The molecule has 0 aliphatic heterocycles. The molecule has 0 saturated carbocycles. The molecule has 1 atom stereocenters. The summed E-state index contributed by atoms with van der Waals surface area (Å²) in [7, 11) is 1.29. The molecular formula is C7H8ClN3O2S. The lowest BCUT2D eigenvalue weighted by molar-refractivity contribution is 0.606. The molecule has 1 rings (SSSR count). The number of aromatic nitrogens is 2. The van der Waals surface area contributed by atoms with Crippen LogP contribution in [-0.4, -0.2) is 18.0 Å². The van der Waals surface area contributed by atoms with Gasteiger partial charge in [-0.1, -0.05) is 0 Å². The van der Waals surface area contributed by atoms with Gasteiger partial charge in [0.1, 0.15) is 11.9 Å². The molecule has 0 spiro atoms. The molecule has 1 heterocycles. The van der Waals surface area contributed by atoms with Crippen molar-refractivity contribution in [3.8, 4) is 6.07 Å². The second-order valence-corrected chi connectivity index (χ2v) is 5.29. The molecule has 0 amide bonds. The quantitative estimate of drug-likeness (QED) is 0.720. The molecule has 0 N–H and O–H groups in total. The van der Waals surface area contributed by atoms with Crippen LogP contribution in [0.15, 0.2) is 11.2 Å². The lowest BCUT2D eigenvalue weighted by Crippen LogP contribution is -2.02. The highest BCUT2D eigenvalue weighted by Crippen LogP contribution is 2.17. The number of nitrogens with zero attached hydrogens (tertiary/aromatic N) is 3. The molecule has 0 aliphatic carbocycles. The minimum Gasteiger partial charge on any atom is -0.317 e. The van der Waals surface area contributed by atoms with E-state index in [4.69, 9.17) is 15.9 Å². The predicted molar refractivity (Wildman–Crippen MR) is 50.3 cm³/mol. The Labute approximate surface area is 86.4 Å². The molecule has 0 fully saturated rings. The van der Waals surface area contributed by atoms with E-state index in [1.54, 1.807) is 13.8 Å². The van der Waals surface area contributed by atoms with Gasteiger partial charge < -0.3 is 4.57 Å². The molecule has 1 aromatic heterocycles. The maximum absolute atomic E-state index is 10.9. The SMILES string of the molecule is Cc1nc(S(=O)(=O)Cl)cn1C(C)C#N. The molecule has 1 unspecified atom stereocenters. The Morgan fingerprint density at radius 2 is 2.29 bits per heavy atom. The van der Waals surface area contributed by atoms with E-state index in [1.165, 1.54) is 10.8 Å². The van der Waals surface area contributed by atoms with E-state index in [9.17, 15) is 8.42 Å². The van der Waals surface area contributed by atoms with Crippen LogP contribution in [0.5, 0.6) is 0 Å². The normalized spacial score (nSPS) is 13.6. The first-order chi connectivity index (χ1) is 6.36. The Balaban J connectivity index is 3.27. The molecular weight excluding hydrogens is 226 g/mol. The van der Waals surface area contributed by atoms with Crippen LogP contribution in [0.4, 0.5) is 0 Å². The van der Waals surface area contributed by atoms with E-state index in [1.807, 2.05) is 6.07 Å². The summed E-state index contributed by atoms with van der Waals surface area (Å²) in [4.78, 5) is 3.74. The number of hydrogen-bond acceptors (Lipinski definition) is 4. The number of rotatable bonds is 2. The number of nitriles is 1. The second-order valence-electron chi connectivity index (χ2n) is 2.78. The number of aryl methyl sites for hydroxylation is 1. The van der Waals surface area contributed by atoms with Gasteiger partial charge >= 0.3 is 0 Å².